The SMILES string of the molecule is CCOC(=O)Cn1c(=NC(=O)C2COc3ccccc3O2)sc2cc(Br)ccc21. The lowest BCUT2D eigenvalue weighted by Gasteiger charge is -2.23. The molecule has 1 amide bonds. The Morgan fingerprint density at radius 1 is 1.28 bits per heavy atom. The first kappa shape index (κ1) is 19.7. The molecule has 1 aliphatic rings. The number of halogens is 1. The lowest BCUT2D eigenvalue weighted by atomic mass is 10.2. The summed E-state index contributed by atoms with van der Waals surface area (Å²) in [5.74, 6) is 0.241. The Balaban J connectivity index is 1.69. The Morgan fingerprint density at radius 3 is 2.86 bits per heavy atom. The fraction of sp³-hybridized carbons (Fsp3) is 0.250. The van der Waals surface area contributed by atoms with Gasteiger partial charge in [0.15, 0.2) is 16.3 Å². The van der Waals surface area contributed by atoms with E-state index in [0.717, 1.165) is 14.7 Å². The molecule has 3 aromatic rings. The van der Waals surface area contributed by atoms with Crippen molar-refractivity contribution in [2.45, 2.75) is 19.6 Å². The van der Waals surface area contributed by atoms with Gasteiger partial charge in [-0.25, -0.2) is 0 Å². The standard InChI is InChI=1S/C20H17BrN2O5S/c1-2-26-18(24)10-23-13-8-7-12(21)9-17(13)29-20(23)22-19(25)16-11-27-14-5-3-4-6-15(14)28-16/h3-9,16H,2,10-11H2,1H3. The molecule has 4 rings (SSSR count). The van der Waals surface area contributed by atoms with Gasteiger partial charge in [-0.3, -0.25) is 9.59 Å². The summed E-state index contributed by atoms with van der Waals surface area (Å²) in [5, 5.41) is 0. The van der Waals surface area contributed by atoms with Gasteiger partial charge in [-0.15, -0.1) is 0 Å². The monoisotopic (exact) mass is 476 g/mol. The molecule has 0 bridgehead atoms. The molecule has 0 fully saturated rings. The van der Waals surface area contributed by atoms with E-state index in [1.165, 1.54) is 11.3 Å². The van der Waals surface area contributed by atoms with Crippen LogP contribution < -0.4 is 14.3 Å². The third kappa shape index (κ3) is 4.20. The highest BCUT2D eigenvalue weighted by molar-refractivity contribution is 9.10. The van der Waals surface area contributed by atoms with Gasteiger partial charge in [0, 0.05) is 4.47 Å². The molecule has 150 valence electrons. The number of carbonyl (C=O) groups is 2. The zero-order valence-electron chi connectivity index (χ0n) is 15.5. The zero-order valence-corrected chi connectivity index (χ0v) is 17.9. The smallest absolute Gasteiger partial charge is 0.326 e. The molecule has 0 spiro atoms. The summed E-state index contributed by atoms with van der Waals surface area (Å²) in [6, 6.07) is 12.8. The zero-order chi connectivity index (χ0) is 20.4. The Morgan fingerprint density at radius 2 is 2.07 bits per heavy atom. The number of nitrogens with zero attached hydrogens (tertiary/aromatic N) is 2. The fourth-order valence-corrected chi connectivity index (χ4v) is 4.52. The van der Waals surface area contributed by atoms with Crippen LogP contribution in [0.1, 0.15) is 6.92 Å². The van der Waals surface area contributed by atoms with Crippen molar-refractivity contribution < 1.29 is 23.8 Å². The summed E-state index contributed by atoms with van der Waals surface area (Å²) in [4.78, 5) is 29.5. The Labute approximate surface area is 178 Å². The minimum Gasteiger partial charge on any atom is -0.485 e. The van der Waals surface area contributed by atoms with Crippen LogP contribution in [-0.2, 0) is 20.9 Å². The average molecular weight is 477 g/mol. The first-order valence-corrected chi connectivity index (χ1v) is 10.6. The molecule has 0 aliphatic carbocycles. The van der Waals surface area contributed by atoms with Crippen molar-refractivity contribution in [2.75, 3.05) is 13.2 Å². The number of esters is 1. The number of thiazole rings is 1. The van der Waals surface area contributed by atoms with Gasteiger partial charge in [0.1, 0.15) is 13.2 Å². The molecule has 0 saturated carbocycles. The van der Waals surface area contributed by atoms with Gasteiger partial charge in [0.05, 0.1) is 16.8 Å². The highest BCUT2D eigenvalue weighted by atomic mass is 79.9. The van der Waals surface area contributed by atoms with Crippen molar-refractivity contribution in [3.63, 3.8) is 0 Å². The first-order chi connectivity index (χ1) is 14.0. The van der Waals surface area contributed by atoms with Gasteiger partial charge in [-0.2, -0.15) is 4.99 Å². The van der Waals surface area contributed by atoms with E-state index in [-0.39, 0.29) is 19.8 Å². The molecular formula is C20H17BrN2O5S. The van der Waals surface area contributed by atoms with Gasteiger partial charge in [-0.05, 0) is 37.3 Å². The Bertz CT molecular complexity index is 1150. The lowest BCUT2D eigenvalue weighted by Crippen LogP contribution is -2.37. The molecule has 1 aliphatic heterocycles. The predicted octanol–water partition coefficient (Wildman–Crippen LogP) is 3.30. The molecule has 1 unspecified atom stereocenters. The van der Waals surface area contributed by atoms with Crippen molar-refractivity contribution in [3.8, 4) is 11.5 Å². The minimum absolute atomic E-state index is 0.0353. The first-order valence-electron chi connectivity index (χ1n) is 8.96. The predicted molar refractivity (Wildman–Crippen MR) is 111 cm³/mol. The van der Waals surface area contributed by atoms with Crippen LogP contribution in [-0.4, -0.2) is 35.8 Å². The lowest BCUT2D eigenvalue weighted by molar-refractivity contribution is -0.143. The number of para-hydroxylation sites is 2. The molecule has 9 heteroatoms. The minimum atomic E-state index is -0.849. The van der Waals surface area contributed by atoms with Crippen LogP contribution in [0.15, 0.2) is 51.9 Å². The van der Waals surface area contributed by atoms with Crippen LogP contribution in [0.5, 0.6) is 11.5 Å². The van der Waals surface area contributed by atoms with E-state index in [9.17, 15) is 9.59 Å². The molecule has 7 nitrogen and oxygen atoms in total. The molecule has 0 N–H and O–H groups in total. The molecule has 0 radical (unpaired) electrons. The maximum absolute atomic E-state index is 12.8. The largest absolute Gasteiger partial charge is 0.485 e. The molecule has 29 heavy (non-hydrogen) atoms. The summed E-state index contributed by atoms with van der Waals surface area (Å²) in [5.41, 5.74) is 0.795. The number of amides is 1. The number of hydrogen-bond acceptors (Lipinski definition) is 6. The third-order valence-corrected chi connectivity index (χ3v) is 5.76. The number of hydrogen-bond donors (Lipinski definition) is 0. The molecule has 1 atom stereocenters. The topological polar surface area (TPSA) is 79.1 Å². The maximum Gasteiger partial charge on any atom is 0.326 e. The van der Waals surface area contributed by atoms with Crippen LogP contribution in [0.2, 0.25) is 0 Å². The van der Waals surface area contributed by atoms with Crippen molar-refractivity contribution in [1.82, 2.24) is 4.57 Å². The number of benzene rings is 2. The van der Waals surface area contributed by atoms with Gasteiger partial charge >= 0.3 is 5.97 Å². The second-order valence-electron chi connectivity index (χ2n) is 6.20. The highest BCUT2D eigenvalue weighted by Gasteiger charge is 2.27. The summed E-state index contributed by atoms with van der Waals surface area (Å²) in [7, 11) is 0. The Kier molecular flexibility index (Phi) is 5.68. The molecule has 2 heterocycles. The highest BCUT2D eigenvalue weighted by Crippen LogP contribution is 2.31. The summed E-state index contributed by atoms with van der Waals surface area (Å²) >= 11 is 4.76. The van der Waals surface area contributed by atoms with Crippen molar-refractivity contribution in [3.05, 3.63) is 51.7 Å². The molecule has 0 saturated heterocycles. The number of aromatic nitrogens is 1. The van der Waals surface area contributed by atoms with Crippen molar-refractivity contribution in [1.29, 1.82) is 0 Å². The van der Waals surface area contributed by atoms with Crippen LogP contribution in [0.25, 0.3) is 10.2 Å². The molecule has 2 aromatic carbocycles. The quantitative estimate of drug-likeness (QED) is 0.539. The molecular weight excluding hydrogens is 460 g/mol. The van der Waals surface area contributed by atoms with E-state index in [2.05, 4.69) is 20.9 Å². The number of fused-ring (bicyclic) bond motifs is 2. The van der Waals surface area contributed by atoms with Gasteiger partial charge in [0.25, 0.3) is 5.91 Å². The van der Waals surface area contributed by atoms with Crippen molar-refractivity contribution >= 4 is 49.4 Å². The van der Waals surface area contributed by atoms with E-state index in [1.807, 2.05) is 30.3 Å². The van der Waals surface area contributed by atoms with E-state index in [4.69, 9.17) is 14.2 Å². The van der Waals surface area contributed by atoms with Crippen molar-refractivity contribution in [2.24, 2.45) is 4.99 Å². The second-order valence-corrected chi connectivity index (χ2v) is 8.13. The number of ether oxygens (including phenoxy) is 3. The van der Waals surface area contributed by atoms with Crippen LogP contribution in [0.4, 0.5) is 0 Å². The second kappa shape index (κ2) is 8.38. The fourth-order valence-electron chi connectivity index (χ4n) is 2.93. The number of rotatable bonds is 4. The number of carbonyl (C=O) groups excluding carboxylic acids is 2. The summed E-state index contributed by atoms with van der Waals surface area (Å²) < 4.78 is 19.9. The molecule has 1 aromatic heterocycles. The Hall–Kier alpha value is -2.65. The third-order valence-electron chi connectivity index (χ3n) is 4.23. The van der Waals surface area contributed by atoms with Crippen LogP contribution >= 0.6 is 27.3 Å². The maximum atomic E-state index is 12.8. The van der Waals surface area contributed by atoms with E-state index < -0.39 is 18.0 Å². The van der Waals surface area contributed by atoms with Crippen LogP contribution in [0, 0.1) is 0 Å². The van der Waals surface area contributed by atoms with Gasteiger partial charge in [-0.1, -0.05) is 39.4 Å². The van der Waals surface area contributed by atoms with Crippen LogP contribution in [0.3, 0.4) is 0 Å². The van der Waals surface area contributed by atoms with E-state index in [1.54, 1.807) is 23.6 Å². The van der Waals surface area contributed by atoms with Gasteiger partial charge in [0.2, 0.25) is 6.10 Å². The normalized spacial score (nSPS) is 16.1. The van der Waals surface area contributed by atoms with E-state index in [0.29, 0.717) is 16.3 Å². The summed E-state index contributed by atoms with van der Waals surface area (Å²) in [6.45, 7) is 2.07. The van der Waals surface area contributed by atoms with Gasteiger partial charge < -0.3 is 18.8 Å². The average Bonchev–Trinajstić information content (AvgIpc) is 3.03. The van der Waals surface area contributed by atoms with E-state index >= 15 is 0 Å². The summed E-state index contributed by atoms with van der Waals surface area (Å²) in [6.07, 6.45) is -0.849.